The summed E-state index contributed by atoms with van der Waals surface area (Å²) in [6.07, 6.45) is 3.88. The Bertz CT molecular complexity index is 690. The fraction of sp³-hybridized carbons (Fsp3) is 0.0625. The fourth-order valence-electron chi connectivity index (χ4n) is 1.96. The molecule has 1 heterocycles. The molecule has 0 aliphatic rings. The van der Waals surface area contributed by atoms with Gasteiger partial charge in [-0.25, -0.2) is 4.99 Å². The van der Waals surface area contributed by atoms with E-state index in [4.69, 9.17) is 0 Å². The highest BCUT2D eigenvalue weighted by Gasteiger charge is 1.96. The number of aryl methyl sites for hydroxylation is 1. The van der Waals surface area contributed by atoms with Gasteiger partial charge in [0, 0.05) is 6.20 Å². The Morgan fingerprint density at radius 2 is 1.72 bits per heavy atom. The largest absolute Gasteiger partial charge is 0.307 e. The first kappa shape index (κ1) is 10.8. The number of rotatable bonds is 2. The highest BCUT2D eigenvalue weighted by molar-refractivity contribution is 5.86. The Hall–Kier alpha value is -2.35. The van der Waals surface area contributed by atoms with Crippen LogP contribution in [0.1, 0.15) is 5.56 Å². The van der Waals surface area contributed by atoms with Gasteiger partial charge in [-0.3, -0.25) is 0 Å². The van der Waals surface area contributed by atoms with Gasteiger partial charge in [0.15, 0.2) is 0 Å². The number of hydrogen-bond acceptors (Lipinski definition) is 1. The molecule has 3 aromatic rings. The summed E-state index contributed by atoms with van der Waals surface area (Å²) >= 11 is 0. The van der Waals surface area contributed by atoms with Crippen molar-refractivity contribution in [3.8, 4) is 0 Å². The van der Waals surface area contributed by atoms with Crippen LogP contribution in [0.5, 0.6) is 0 Å². The number of aliphatic imine (C=N–C) groups is 1. The third-order valence-electron chi connectivity index (χ3n) is 2.99. The molecule has 2 heteroatoms. The molecule has 0 aliphatic heterocycles. The zero-order chi connectivity index (χ0) is 12.4. The molecule has 0 saturated heterocycles. The maximum Gasteiger partial charge on any atom is 0.0998 e. The molecule has 1 aromatic heterocycles. The molecule has 0 aliphatic carbocycles. The first-order chi connectivity index (χ1) is 8.83. The van der Waals surface area contributed by atoms with Crippen LogP contribution >= 0.6 is 0 Å². The van der Waals surface area contributed by atoms with Gasteiger partial charge in [-0.05, 0) is 36.6 Å². The number of para-hydroxylation sites is 1. The predicted molar refractivity (Wildman–Crippen MR) is 76.7 cm³/mol. The molecule has 0 N–H and O–H groups in total. The highest BCUT2D eigenvalue weighted by Crippen LogP contribution is 2.15. The second-order valence-corrected chi connectivity index (χ2v) is 4.36. The lowest BCUT2D eigenvalue weighted by Gasteiger charge is -1.98. The molecular formula is C16H14N2. The van der Waals surface area contributed by atoms with Crippen molar-refractivity contribution < 1.29 is 0 Å². The molecule has 0 unspecified atom stereocenters. The summed E-state index contributed by atoms with van der Waals surface area (Å²) in [6, 6.07) is 18.6. The third kappa shape index (κ3) is 2.05. The maximum absolute atomic E-state index is 4.48. The van der Waals surface area contributed by atoms with E-state index in [1.807, 2.05) is 41.4 Å². The second-order valence-electron chi connectivity index (χ2n) is 4.36. The molecular weight excluding hydrogens is 220 g/mol. The van der Waals surface area contributed by atoms with Gasteiger partial charge in [0.2, 0.25) is 0 Å². The van der Waals surface area contributed by atoms with Crippen molar-refractivity contribution in [2.45, 2.75) is 6.92 Å². The minimum atomic E-state index is 0.971. The van der Waals surface area contributed by atoms with Crippen LogP contribution in [-0.4, -0.2) is 10.9 Å². The van der Waals surface area contributed by atoms with Crippen molar-refractivity contribution in [2.24, 2.45) is 4.99 Å². The van der Waals surface area contributed by atoms with Crippen molar-refractivity contribution in [3.63, 3.8) is 0 Å². The van der Waals surface area contributed by atoms with Gasteiger partial charge in [-0.15, -0.1) is 0 Å². The lowest BCUT2D eigenvalue weighted by molar-refractivity contribution is 1.25. The standard InChI is InChI=1S/C16H14N2/c1-13-6-8-15(9-7-13)17-12-18-11-10-14-4-2-3-5-16(14)18/h2-12H,1H3. The van der Waals surface area contributed by atoms with Crippen molar-refractivity contribution in [1.82, 2.24) is 4.57 Å². The number of hydrogen-bond donors (Lipinski definition) is 0. The van der Waals surface area contributed by atoms with Crippen LogP contribution < -0.4 is 0 Å². The van der Waals surface area contributed by atoms with Gasteiger partial charge in [0.1, 0.15) is 0 Å². The molecule has 0 fully saturated rings. The van der Waals surface area contributed by atoms with Crippen molar-refractivity contribution >= 4 is 22.9 Å². The number of nitrogens with zero attached hydrogens (tertiary/aromatic N) is 2. The monoisotopic (exact) mass is 234 g/mol. The molecule has 0 spiro atoms. The van der Waals surface area contributed by atoms with Crippen LogP contribution in [0.2, 0.25) is 0 Å². The molecule has 2 nitrogen and oxygen atoms in total. The number of aromatic nitrogens is 1. The van der Waals surface area contributed by atoms with E-state index >= 15 is 0 Å². The average molecular weight is 234 g/mol. The Labute approximate surface area is 106 Å². The minimum absolute atomic E-state index is 0.971. The molecule has 0 saturated carbocycles. The highest BCUT2D eigenvalue weighted by atomic mass is 15.0. The van der Waals surface area contributed by atoms with Gasteiger partial charge in [0.25, 0.3) is 0 Å². The minimum Gasteiger partial charge on any atom is -0.307 e. The van der Waals surface area contributed by atoms with Gasteiger partial charge in [-0.1, -0.05) is 35.9 Å². The van der Waals surface area contributed by atoms with E-state index in [1.165, 1.54) is 16.5 Å². The molecule has 0 atom stereocenters. The topological polar surface area (TPSA) is 17.3 Å². The molecule has 18 heavy (non-hydrogen) atoms. The summed E-state index contributed by atoms with van der Waals surface area (Å²) in [6.45, 7) is 2.08. The fourth-order valence-corrected chi connectivity index (χ4v) is 1.96. The van der Waals surface area contributed by atoms with Crippen molar-refractivity contribution in [2.75, 3.05) is 0 Å². The van der Waals surface area contributed by atoms with E-state index in [-0.39, 0.29) is 0 Å². The summed E-state index contributed by atoms with van der Waals surface area (Å²) in [5, 5.41) is 1.23. The summed E-state index contributed by atoms with van der Waals surface area (Å²) in [4.78, 5) is 4.48. The van der Waals surface area contributed by atoms with Gasteiger partial charge >= 0.3 is 0 Å². The summed E-state index contributed by atoms with van der Waals surface area (Å²) in [7, 11) is 0. The Morgan fingerprint density at radius 1 is 0.944 bits per heavy atom. The predicted octanol–water partition coefficient (Wildman–Crippen LogP) is 4.16. The summed E-state index contributed by atoms with van der Waals surface area (Å²) < 4.78 is 2.04. The molecule has 0 bridgehead atoms. The Kier molecular flexibility index (Phi) is 2.69. The summed E-state index contributed by atoms with van der Waals surface area (Å²) in [5.74, 6) is 0. The zero-order valence-corrected chi connectivity index (χ0v) is 10.2. The van der Waals surface area contributed by atoms with Crippen molar-refractivity contribution in [3.05, 3.63) is 66.4 Å². The molecule has 0 amide bonds. The maximum atomic E-state index is 4.48. The van der Waals surface area contributed by atoms with Crippen LogP contribution in [0.3, 0.4) is 0 Å². The first-order valence-corrected chi connectivity index (χ1v) is 5.99. The van der Waals surface area contributed by atoms with Crippen molar-refractivity contribution in [1.29, 1.82) is 0 Å². The average Bonchev–Trinajstić information content (AvgIpc) is 2.82. The molecule has 3 rings (SSSR count). The third-order valence-corrected chi connectivity index (χ3v) is 2.99. The Balaban J connectivity index is 1.94. The van der Waals surface area contributed by atoms with E-state index in [2.05, 4.69) is 42.2 Å². The lowest BCUT2D eigenvalue weighted by atomic mass is 10.2. The lowest BCUT2D eigenvalue weighted by Crippen LogP contribution is -1.91. The van der Waals surface area contributed by atoms with Crippen LogP contribution in [0.25, 0.3) is 10.9 Å². The molecule has 88 valence electrons. The summed E-state index contributed by atoms with van der Waals surface area (Å²) in [5.41, 5.74) is 3.40. The van der Waals surface area contributed by atoms with Gasteiger partial charge < -0.3 is 4.57 Å². The number of benzene rings is 2. The zero-order valence-electron chi connectivity index (χ0n) is 10.2. The van der Waals surface area contributed by atoms with Crippen LogP contribution in [0.15, 0.2) is 65.8 Å². The Morgan fingerprint density at radius 3 is 2.56 bits per heavy atom. The number of fused-ring (bicyclic) bond motifs is 1. The van der Waals surface area contributed by atoms with E-state index in [0.717, 1.165) is 5.69 Å². The van der Waals surface area contributed by atoms with E-state index in [0.29, 0.717) is 0 Å². The molecule has 0 radical (unpaired) electrons. The smallest absolute Gasteiger partial charge is 0.0998 e. The quantitative estimate of drug-likeness (QED) is 0.468. The van der Waals surface area contributed by atoms with Crippen LogP contribution in [-0.2, 0) is 0 Å². The first-order valence-electron chi connectivity index (χ1n) is 5.99. The van der Waals surface area contributed by atoms with Crippen LogP contribution in [0, 0.1) is 6.92 Å². The molecule has 2 aromatic carbocycles. The van der Waals surface area contributed by atoms with Gasteiger partial charge in [0.05, 0.1) is 17.5 Å². The van der Waals surface area contributed by atoms with Crippen LogP contribution in [0.4, 0.5) is 5.69 Å². The SMILES string of the molecule is Cc1ccc(N=Cn2ccc3ccccc32)cc1. The normalized spacial score (nSPS) is 11.4. The van der Waals surface area contributed by atoms with E-state index in [1.54, 1.807) is 0 Å². The van der Waals surface area contributed by atoms with Gasteiger partial charge in [-0.2, -0.15) is 0 Å². The van der Waals surface area contributed by atoms with E-state index in [9.17, 15) is 0 Å². The second kappa shape index (κ2) is 4.49. The van der Waals surface area contributed by atoms with E-state index < -0.39 is 0 Å².